The van der Waals surface area contributed by atoms with Gasteiger partial charge in [-0.25, -0.2) is 0 Å². The molecule has 1 amide bonds. The zero-order valence-electron chi connectivity index (χ0n) is 12.0. The first-order chi connectivity index (χ1) is 8.88. The van der Waals surface area contributed by atoms with Crippen LogP contribution in [0.4, 0.5) is 5.69 Å². The summed E-state index contributed by atoms with van der Waals surface area (Å²) in [5.41, 5.74) is 7.49. The van der Waals surface area contributed by atoms with Crippen LogP contribution in [-0.4, -0.2) is 47.9 Å². The average molecular weight is 261 g/mol. The molecule has 1 aliphatic rings. The lowest BCUT2D eigenvalue weighted by molar-refractivity contribution is -0.135. The summed E-state index contributed by atoms with van der Waals surface area (Å²) in [5, 5.41) is 0. The number of hydrogen-bond acceptors (Lipinski definition) is 3. The standard InChI is InChI=1S/C15H23N3O/c1-15(2)11-18(8-7-17(15)3)14(19)10-12-5-4-6-13(16)9-12/h4-6,9H,7-8,10-11,16H2,1-3H3. The maximum atomic E-state index is 12.3. The van der Waals surface area contributed by atoms with Crippen LogP contribution < -0.4 is 5.73 Å². The van der Waals surface area contributed by atoms with E-state index in [1.807, 2.05) is 29.2 Å². The van der Waals surface area contributed by atoms with E-state index in [0.29, 0.717) is 12.1 Å². The van der Waals surface area contributed by atoms with Crippen LogP contribution >= 0.6 is 0 Å². The van der Waals surface area contributed by atoms with Crippen molar-refractivity contribution in [3.8, 4) is 0 Å². The molecule has 1 aliphatic heterocycles. The van der Waals surface area contributed by atoms with Crippen molar-refractivity contribution in [2.24, 2.45) is 0 Å². The number of rotatable bonds is 2. The minimum absolute atomic E-state index is 0.0453. The minimum atomic E-state index is 0.0453. The number of carbonyl (C=O) groups is 1. The number of anilines is 1. The van der Waals surface area contributed by atoms with Gasteiger partial charge in [0.05, 0.1) is 6.42 Å². The van der Waals surface area contributed by atoms with Gasteiger partial charge in [-0.3, -0.25) is 9.69 Å². The minimum Gasteiger partial charge on any atom is -0.399 e. The Kier molecular flexibility index (Phi) is 3.80. The van der Waals surface area contributed by atoms with E-state index < -0.39 is 0 Å². The SMILES string of the molecule is CN1CCN(C(=O)Cc2cccc(N)c2)CC1(C)C. The number of likely N-dealkylation sites (N-methyl/N-ethyl adjacent to an activating group) is 1. The van der Waals surface area contributed by atoms with Crippen LogP contribution in [0.2, 0.25) is 0 Å². The Balaban J connectivity index is 2.01. The van der Waals surface area contributed by atoms with Gasteiger partial charge >= 0.3 is 0 Å². The highest BCUT2D eigenvalue weighted by Crippen LogP contribution is 2.19. The second-order valence-corrected chi connectivity index (χ2v) is 5.97. The fraction of sp³-hybridized carbons (Fsp3) is 0.533. The van der Waals surface area contributed by atoms with E-state index in [-0.39, 0.29) is 11.4 Å². The molecule has 2 rings (SSSR count). The number of nitrogens with zero attached hydrogens (tertiary/aromatic N) is 2. The Labute approximate surface area is 115 Å². The topological polar surface area (TPSA) is 49.6 Å². The number of hydrogen-bond donors (Lipinski definition) is 1. The molecule has 1 saturated heterocycles. The summed E-state index contributed by atoms with van der Waals surface area (Å²) >= 11 is 0. The molecule has 1 aromatic rings. The Hall–Kier alpha value is -1.55. The van der Waals surface area contributed by atoms with Gasteiger partial charge in [0.2, 0.25) is 5.91 Å². The maximum Gasteiger partial charge on any atom is 0.227 e. The molecule has 4 heteroatoms. The number of amides is 1. The normalized spacial score (nSPS) is 19.4. The number of piperazine rings is 1. The molecule has 104 valence electrons. The molecule has 19 heavy (non-hydrogen) atoms. The van der Waals surface area contributed by atoms with Gasteiger partial charge < -0.3 is 10.6 Å². The van der Waals surface area contributed by atoms with Gasteiger partial charge in [-0.2, -0.15) is 0 Å². The lowest BCUT2D eigenvalue weighted by atomic mass is 9.99. The third kappa shape index (κ3) is 3.26. The van der Waals surface area contributed by atoms with Crippen molar-refractivity contribution in [2.75, 3.05) is 32.4 Å². The summed E-state index contributed by atoms with van der Waals surface area (Å²) in [5.74, 6) is 0.187. The van der Waals surface area contributed by atoms with E-state index in [1.54, 1.807) is 0 Å². The zero-order chi connectivity index (χ0) is 14.0. The van der Waals surface area contributed by atoms with Crippen LogP contribution in [0.15, 0.2) is 24.3 Å². The van der Waals surface area contributed by atoms with Crippen molar-refractivity contribution in [2.45, 2.75) is 25.8 Å². The van der Waals surface area contributed by atoms with Gasteiger partial charge in [0.1, 0.15) is 0 Å². The Bertz CT molecular complexity index is 470. The van der Waals surface area contributed by atoms with Gasteiger partial charge in [-0.05, 0) is 38.6 Å². The van der Waals surface area contributed by atoms with Gasteiger partial charge in [-0.15, -0.1) is 0 Å². The molecular formula is C15H23N3O. The van der Waals surface area contributed by atoms with Crippen molar-refractivity contribution < 1.29 is 4.79 Å². The average Bonchev–Trinajstić information content (AvgIpc) is 2.32. The van der Waals surface area contributed by atoms with E-state index in [9.17, 15) is 4.79 Å². The highest BCUT2D eigenvalue weighted by atomic mass is 16.2. The lowest BCUT2D eigenvalue weighted by Crippen LogP contribution is -2.59. The van der Waals surface area contributed by atoms with Crippen LogP contribution in [0.1, 0.15) is 19.4 Å². The first-order valence-corrected chi connectivity index (χ1v) is 6.72. The summed E-state index contributed by atoms with van der Waals surface area (Å²) in [7, 11) is 2.11. The number of benzene rings is 1. The molecular weight excluding hydrogens is 238 g/mol. The molecule has 0 radical (unpaired) electrons. The second-order valence-electron chi connectivity index (χ2n) is 5.97. The van der Waals surface area contributed by atoms with Crippen molar-refractivity contribution in [1.82, 2.24) is 9.80 Å². The van der Waals surface area contributed by atoms with E-state index in [2.05, 4.69) is 25.8 Å². The summed E-state index contributed by atoms with van der Waals surface area (Å²) in [4.78, 5) is 16.6. The van der Waals surface area contributed by atoms with E-state index >= 15 is 0 Å². The third-order valence-electron chi connectivity index (χ3n) is 3.98. The number of nitrogens with two attached hydrogens (primary N) is 1. The molecule has 1 heterocycles. The van der Waals surface area contributed by atoms with Gasteiger partial charge in [-0.1, -0.05) is 12.1 Å². The summed E-state index contributed by atoms with van der Waals surface area (Å²) < 4.78 is 0. The van der Waals surface area contributed by atoms with Crippen LogP contribution in [0, 0.1) is 0 Å². The van der Waals surface area contributed by atoms with E-state index in [1.165, 1.54) is 0 Å². The maximum absolute atomic E-state index is 12.3. The van der Waals surface area contributed by atoms with Crippen LogP contribution in [0.25, 0.3) is 0 Å². The van der Waals surface area contributed by atoms with Gasteiger partial charge in [0.25, 0.3) is 0 Å². The van der Waals surface area contributed by atoms with Crippen LogP contribution in [0.3, 0.4) is 0 Å². The van der Waals surface area contributed by atoms with Gasteiger partial charge in [0.15, 0.2) is 0 Å². The van der Waals surface area contributed by atoms with Crippen LogP contribution in [0.5, 0.6) is 0 Å². The fourth-order valence-electron chi connectivity index (χ4n) is 2.44. The van der Waals surface area contributed by atoms with Crippen molar-refractivity contribution in [1.29, 1.82) is 0 Å². The third-order valence-corrected chi connectivity index (χ3v) is 3.98. The first kappa shape index (κ1) is 13.9. The number of nitrogen functional groups attached to an aromatic ring is 1. The van der Waals surface area contributed by atoms with E-state index in [4.69, 9.17) is 5.73 Å². The summed E-state index contributed by atoms with van der Waals surface area (Å²) in [6.45, 7) is 6.86. The largest absolute Gasteiger partial charge is 0.399 e. The molecule has 0 spiro atoms. The van der Waals surface area contributed by atoms with Crippen LogP contribution in [-0.2, 0) is 11.2 Å². The second kappa shape index (κ2) is 5.21. The zero-order valence-corrected chi connectivity index (χ0v) is 12.0. The molecule has 0 aliphatic carbocycles. The summed E-state index contributed by atoms with van der Waals surface area (Å²) in [6.07, 6.45) is 0.435. The molecule has 0 saturated carbocycles. The van der Waals surface area contributed by atoms with Crippen molar-refractivity contribution in [3.63, 3.8) is 0 Å². The lowest BCUT2D eigenvalue weighted by Gasteiger charge is -2.45. The Morgan fingerprint density at radius 2 is 2.11 bits per heavy atom. The molecule has 1 aromatic carbocycles. The van der Waals surface area contributed by atoms with E-state index in [0.717, 1.165) is 25.2 Å². The van der Waals surface area contributed by atoms with Crippen molar-refractivity contribution >= 4 is 11.6 Å². The Morgan fingerprint density at radius 3 is 2.74 bits per heavy atom. The molecule has 2 N–H and O–H groups in total. The molecule has 0 aromatic heterocycles. The highest BCUT2D eigenvalue weighted by Gasteiger charge is 2.32. The Morgan fingerprint density at radius 1 is 1.37 bits per heavy atom. The molecule has 0 bridgehead atoms. The quantitative estimate of drug-likeness (QED) is 0.818. The van der Waals surface area contributed by atoms with Crippen molar-refractivity contribution in [3.05, 3.63) is 29.8 Å². The monoisotopic (exact) mass is 261 g/mol. The fourth-order valence-corrected chi connectivity index (χ4v) is 2.44. The first-order valence-electron chi connectivity index (χ1n) is 6.72. The summed E-state index contributed by atoms with van der Waals surface area (Å²) in [6, 6.07) is 7.56. The molecule has 1 fully saturated rings. The molecule has 0 atom stereocenters. The smallest absolute Gasteiger partial charge is 0.227 e. The molecule has 0 unspecified atom stereocenters. The number of carbonyl (C=O) groups excluding carboxylic acids is 1. The highest BCUT2D eigenvalue weighted by molar-refractivity contribution is 5.79. The van der Waals surface area contributed by atoms with Gasteiger partial charge in [0, 0.05) is 30.9 Å². The predicted octanol–water partition coefficient (Wildman–Crippen LogP) is 1.36. The molecule has 4 nitrogen and oxygen atoms in total. The predicted molar refractivity (Wildman–Crippen MR) is 77.8 cm³/mol.